The molecule has 1 unspecified atom stereocenters. The van der Waals surface area contributed by atoms with E-state index in [-0.39, 0.29) is 0 Å². The second-order valence-electron chi connectivity index (χ2n) is 5.66. The molecule has 1 fully saturated rings. The molecule has 0 radical (unpaired) electrons. The number of hydrogen-bond acceptors (Lipinski definition) is 6. The molecular weight excluding hydrogens is 268 g/mol. The summed E-state index contributed by atoms with van der Waals surface area (Å²) in [6, 6.07) is 0.426. The minimum absolute atomic E-state index is 0.426. The van der Waals surface area contributed by atoms with E-state index in [1.54, 1.807) is 0 Å². The van der Waals surface area contributed by atoms with Gasteiger partial charge in [0.1, 0.15) is 6.33 Å². The van der Waals surface area contributed by atoms with Crippen molar-refractivity contribution in [3.05, 3.63) is 12.2 Å². The molecule has 2 aromatic rings. The molecule has 114 valence electrons. The smallest absolute Gasteiger partial charge is 0.239 e. The first-order valence-corrected chi connectivity index (χ1v) is 7.78. The maximum Gasteiger partial charge on any atom is 0.239 e. The number of hydrogen-bond donors (Lipinski definition) is 2. The van der Waals surface area contributed by atoms with Gasteiger partial charge in [0.25, 0.3) is 0 Å². The van der Waals surface area contributed by atoms with Crippen molar-refractivity contribution < 1.29 is 4.52 Å². The number of aromatic amines is 1. The summed E-state index contributed by atoms with van der Waals surface area (Å²) in [6.07, 6.45) is 8.62. The monoisotopic (exact) mass is 290 g/mol. The highest BCUT2D eigenvalue weighted by atomic mass is 16.5. The van der Waals surface area contributed by atoms with Gasteiger partial charge in [0.15, 0.2) is 5.82 Å². The molecule has 7 nitrogen and oxygen atoms in total. The molecule has 7 heteroatoms. The standard InChI is InChI=1S/C14H22N6O/c1-2-7-15-11(10-5-3-4-6-10)8-12-18-14(20-21-12)13-16-9-17-19-13/h9-11,15H,2-8H2,1H3,(H,16,17,19). The van der Waals surface area contributed by atoms with Crippen molar-refractivity contribution in [3.63, 3.8) is 0 Å². The number of aromatic nitrogens is 5. The lowest BCUT2D eigenvalue weighted by molar-refractivity contribution is 0.308. The van der Waals surface area contributed by atoms with Crippen molar-refractivity contribution in [2.45, 2.75) is 51.5 Å². The number of nitrogens with zero attached hydrogens (tertiary/aromatic N) is 4. The molecular formula is C14H22N6O. The van der Waals surface area contributed by atoms with Gasteiger partial charge in [-0.15, -0.1) is 0 Å². The van der Waals surface area contributed by atoms with Crippen LogP contribution >= 0.6 is 0 Å². The van der Waals surface area contributed by atoms with E-state index in [0.717, 1.165) is 25.3 Å². The highest BCUT2D eigenvalue weighted by Gasteiger charge is 2.26. The van der Waals surface area contributed by atoms with Crippen LogP contribution in [0.1, 0.15) is 44.9 Å². The van der Waals surface area contributed by atoms with Gasteiger partial charge in [0, 0.05) is 12.5 Å². The molecule has 0 spiro atoms. The fourth-order valence-electron chi connectivity index (χ4n) is 3.03. The Hall–Kier alpha value is -1.76. The molecule has 2 N–H and O–H groups in total. The van der Waals surface area contributed by atoms with Crippen LogP contribution in [0.4, 0.5) is 0 Å². The summed E-state index contributed by atoms with van der Waals surface area (Å²) >= 11 is 0. The van der Waals surface area contributed by atoms with Crippen LogP contribution in [0.5, 0.6) is 0 Å². The molecule has 1 atom stereocenters. The molecule has 3 rings (SSSR count). The van der Waals surface area contributed by atoms with Crippen molar-refractivity contribution in [1.29, 1.82) is 0 Å². The van der Waals surface area contributed by atoms with Crippen molar-refractivity contribution >= 4 is 0 Å². The van der Waals surface area contributed by atoms with Crippen LogP contribution in [-0.4, -0.2) is 37.9 Å². The van der Waals surface area contributed by atoms with Crippen LogP contribution < -0.4 is 5.32 Å². The zero-order valence-electron chi connectivity index (χ0n) is 12.4. The largest absolute Gasteiger partial charge is 0.339 e. The van der Waals surface area contributed by atoms with Gasteiger partial charge in [-0.25, -0.2) is 4.98 Å². The average molecular weight is 290 g/mol. The summed E-state index contributed by atoms with van der Waals surface area (Å²) in [6.45, 7) is 3.22. The molecule has 0 aromatic carbocycles. The van der Waals surface area contributed by atoms with Crippen LogP contribution in [0.15, 0.2) is 10.9 Å². The molecule has 0 aliphatic heterocycles. The van der Waals surface area contributed by atoms with Gasteiger partial charge < -0.3 is 9.84 Å². The topological polar surface area (TPSA) is 92.5 Å². The number of rotatable bonds is 7. The van der Waals surface area contributed by atoms with Crippen LogP contribution in [0.2, 0.25) is 0 Å². The van der Waals surface area contributed by atoms with Crippen molar-refractivity contribution in [3.8, 4) is 11.6 Å². The fourth-order valence-corrected chi connectivity index (χ4v) is 3.03. The van der Waals surface area contributed by atoms with E-state index in [4.69, 9.17) is 4.52 Å². The van der Waals surface area contributed by atoms with Gasteiger partial charge >= 0.3 is 0 Å². The van der Waals surface area contributed by atoms with E-state index in [0.29, 0.717) is 23.6 Å². The summed E-state index contributed by atoms with van der Waals surface area (Å²) in [5.41, 5.74) is 0. The summed E-state index contributed by atoms with van der Waals surface area (Å²) in [7, 11) is 0. The van der Waals surface area contributed by atoms with Gasteiger partial charge in [0.2, 0.25) is 11.7 Å². The summed E-state index contributed by atoms with van der Waals surface area (Å²) < 4.78 is 5.37. The third kappa shape index (κ3) is 3.47. The average Bonchev–Trinajstić information content (AvgIpc) is 3.24. The van der Waals surface area contributed by atoms with E-state index in [2.05, 4.69) is 37.6 Å². The Balaban J connectivity index is 1.67. The molecule has 1 saturated carbocycles. The van der Waals surface area contributed by atoms with E-state index in [1.165, 1.54) is 32.0 Å². The predicted molar refractivity (Wildman–Crippen MR) is 77.4 cm³/mol. The Labute approximate surface area is 123 Å². The third-order valence-electron chi connectivity index (χ3n) is 4.11. The highest BCUT2D eigenvalue weighted by Crippen LogP contribution is 2.29. The minimum atomic E-state index is 0.426. The second-order valence-corrected chi connectivity index (χ2v) is 5.66. The van der Waals surface area contributed by atoms with Gasteiger partial charge in [-0.3, -0.25) is 5.10 Å². The first kappa shape index (κ1) is 14.2. The van der Waals surface area contributed by atoms with Crippen molar-refractivity contribution in [2.75, 3.05) is 6.54 Å². The molecule has 2 heterocycles. The lowest BCUT2D eigenvalue weighted by Crippen LogP contribution is -2.37. The van der Waals surface area contributed by atoms with Crippen LogP contribution in [0, 0.1) is 5.92 Å². The molecule has 1 aliphatic rings. The Morgan fingerprint density at radius 3 is 3.00 bits per heavy atom. The van der Waals surface area contributed by atoms with Gasteiger partial charge in [0.05, 0.1) is 0 Å². The van der Waals surface area contributed by atoms with Crippen LogP contribution in [0.3, 0.4) is 0 Å². The zero-order valence-corrected chi connectivity index (χ0v) is 12.4. The second kappa shape index (κ2) is 6.80. The minimum Gasteiger partial charge on any atom is -0.339 e. The zero-order chi connectivity index (χ0) is 14.5. The fraction of sp³-hybridized carbons (Fsp3) is 0.714. The Morgan fingerprint density at radius 1 is 1.43 bits per heavy atom. The lowest BCUT2D eigenvalue weighted by atomic mass is 9.95. The van der Waals surface area contributed by atoms with Crippen molar-refractivity contribution in [2.24, 2.45) is 5.92 Å². The first-order valence-electron chi connectivity index (χ1n) is 7.78. The van der Waals surface area contributed by atoms with Gasteiger partial charge in [-0.2, -0.15) is 10.1 Å². The molecule has 21 heavy (non-hydrogen) atoms. The molecule has 0 amide bonds. The quantitative estimate of drug-likeness (QED) is 0.809. The molecule has 2 aromatic heterocycles. The molecule has 1 aliphatic carbocycles. The highest BCUT2D eigenvalue weighted by molar-refractivity contribution is 5.39. The summed E-state index contributed by atoms with van der Waals surface area (Å²) in [4.78, 5) is 8.46. The van der Waals surface area contributed by atoms with Gasteiger partial charge in [-0.1, -0.05) is 24.9 Å². The van der Waals surface area contributed by atoms with Crippen molar-refractivity contribution in [1.82, 2.24) is 30.6 Å². The molecule has 0 bridgehead atoms. The predicted octanol–water partition coefficient (Wildman–Crippen LogP) is 1.96. The lowest BCUT2D eigenvalue weighted by Gasteiger charge is -2.23. The number of nitrogens with one attached hydrogen (secondary N) is 2. The van der Waals surface area contributed by atoms with Crippen LogP contribution in [-0.2, 0) is 6.42 Å². The van der Waals surface area contributed by atoms with E-state index in [9.17, 15) is 0 Å². The van der Waals surface area contributed by atoms with E-state index in [1.807, 2.05) is 0 Å². The SMILES string of the molecule is CCCNC(Cc1nc(-c2ncn[nH]2)no1)C1CCCC1. The number of H-pyrrole nitrogens is 1. The first-order chi connectivity index (χ1) is 10.4. The summed E-state index contributed by atoms with van der Waals surface area (Å²) in [5.74, 6) is 2.41. The molecule has 0 saturated heterocycles. The van der Waals surface area contributed by atoms with E-state index < -0.39 is 0 Å². The maximum atomic E-state index is 5.37. The third-order valence-corrected chi connectivity index (χ3v) is 4.11. The van der Waals surface area contributed by atoms with Crippen LogP contribution in [0.25, 0.3) is 11.6 Å². The maximum absolute atomic E-state index is 5.37. The Bertz CT molecular complexity index is 531. The van der Waals surface area contributed by atoms with E-state index >= 15 is 0 Å². The Morgan fingerprint density at radius 2 is 2.29 bits per heavy atom. The Kier molecular flexibility index (Phi) is 4.59. The van der Waals surface area contributed by atoms with Gasteiger partial charge in [-0.05, 0) is 31.7 Å². The normalized spacial score (nSPS) is 17.4. The summed E-state index contributed by atoms with van der Waals surface area (Å²) in [5, 5.41) is 14.2.